The molecule has 0 saturated heterocycles. The number of carbonyl (C=O) groups excluding carboxylic acids is 2. The molecule has 1 aliphatic heterocycles. The standard InChI is InChI=1S/C31H36ClN3O4/c1-20-17-28(35(21(2)36)25-13-9-23(32)10-14-25)27-16-15-26(39-19-31(3,4)38)18-29(27)34(20)30(37)22-7-11-24(12-8-22)33(5)6/h7-16,18,20,28,38H,17,19H2,1-6H3. The molecule has 2 unspecified atom stereocenters. The quantitative estimate of drug-likeness (QED) is 0.386. The first-order chi connectivity index (χ1) is 18.4. The van der Waals surface area contributed by atoms with Gasteiger partial charge in [-0.1, -0.05) is 17.7 Å². The molecule has 3 aromatic rings. The zero-order valence-corrected chi connectivity index (χ0v) is 24.1. The first-order valence-electron chi connectivity index (χ1n) is 13.0. The topological polar surface area (TPSA) is 73.3 Å². The molecule has 0 radical (unpaired) electrons. The van der Waals surface area contributed by atoms with Gasteiger partial charge in [-0.3, -0.25) is 9.59 Å². The molecular weight excluding hydrogens is 514 g/mol. The highest BCUT2D eigenvalue weighted by Crippen LogP contribution is 2.44. The number of halogens is 1. The Morgan fingerprint density at radius 1 is 1.03 bits per heavy atom. The number of carbonyl (C=O) groups is 2. The van der Waals surface area contributed by atoms with Gasteiger partial charge >= 0.3 is 0 Å². The third-order valence-electron chi connectivity index (χ3n) is 6.82. The summed E-state index contributed by atoms with van der Waals surface area (Å²) in [5, 5.41) is 10.8. The Hall–Kier alpha value is -3.55. The van der Waals surface area contributed by atoms with Gasteiger partial charge in [-0.2, -0.15) is 0 Å². The van der Waals surface area contributed by atoms with Gasteiger partial charge in [0.15, 0.2) is 0 Å². The number of amides is 2. The summed E-state index contributed by atoms with van der Waals surface area (Å²) >= 11 is 6.12. The Labute approximate surface area is 235 Å². The number of benzene rings is 3. The molecular formula is C31H36ClN3O4. The molecule has 0 aromatic heterocycles. The zero-order chi connectivity index (χ0) is 28.5. The Kier molecular flexibility index (Phi) is 8.23. The predicted octanol–water partition coefficient (Wildman–Crippen LogP) is 6.09. The third kappa shape index (κ3) is 6.37. The Morgan fingerprint density at radius 3 is 2.21 bits per heavy atom. The van der Waals surface area contributed by atoms with Gasteiger partial charge in [0.05, 0.1) is 17.3 Å². The van der Waals surface area contributed by atoms with Crippen molar-refractivity contribution < 1.29 is 19.4 Å². The molecule has 3 aromatic carbocycles. The van der Waals surface area contributed by atoms with Crippen LogP contribution in [0.4, 0.5) is 17.1 Å². The SMILES string of the molecule is CC(=O)N(c1ccc(Cl)cc1)C1CC(C)N(C(=O)c2ccc(N(C)C)cc2)c2cc(OCC(C)(C)O)ccc21. The van der Waals surface area contributed by atoms with E-state index in [1.54, 1.807) is 42.7 Å². The maximum atomic E-state index is 13.9. The zero-order valence-electron chi connectivity index (χ0n) is 23.3. The van der Waals surface area contributed by atoms with Crippen molar-refractivity contribution in [3.05, 3.63) is 82.9 Å². The van der Waals surface area contributed by atoms with Crippen LogP contribution in [0, 0.1) is 0 Å². The van der Waals surface area contributed by atoms with Crippen molar-refractivity contribution in [2.75, 3.05) is 35.4 Å². The lowest BCUT2D eigenvalue weighted by molar-refractivity contribution is -0.117. The molecule has 39 heavy (non-hydrogen) atoms. The number of ether oxygens (including phenoxy) is 1. The molecule has 1 aliphatic rings. The van der Waals surface area contributed by atoms with E-state index in [9.17, 15) is 14.7 Å². The summed E-state index contributed by atoms with van der Waals surface area (Å²) in [6.07, 6.45) is 0.542. The summed E-state index contributed by atoms with van der Waals surface area (Å²) in [4.78, 5) is 32.5. The smallest absolute Gasteiger partial charge is 0.258 e. The van der Waals surface area contributed by atoms with Gasteiger partial charge in [0, 0.05) is 55.1 Å². The minimum atomic E-state index is -1.02. The van der Waals surface area contributed by atoms with Crippen molar-refractivity contribution in [3.63, 3.8) is 0 Å². The number of anilines is 3. The van der Waals surface area contributed by atoms with Crippen LogP contribution < -0.4 is 19.4 Å². The highest BCUT2D eigenvalue weighted by molar-refractivity contribution is 6.30. The van der Waals surface area contributed by atoms with E-state index in [1.807, 2.05) is 80.5 Å². The average molecular weight is 550 g/mol. The molecule has 0 spiro atoms. The molecule has 0 saturated carbocycles. The van der Waals surface area contributed by atoms with Crippen molar-refractivity contribution in [2.24, 2.45) is 0 Å². The summed E-state index contributed by atoms with van der Waals surface area (Å²) in [5.41, 5.74) is 2.80. The number of aliphatic hydroxyl groups is 1. The van der Waals surface area contributed by atoms with Crippen LogP contribution in [0.3, 0.4) is 0 Å². The lowest BCUT2D eigenvalue weighted by Gasteiger charge is -2.43. The van der Waals surface area contributed by atoms with Crippen LogP contribution in [0.15, 0.2) is 66.7 Å². The number of hydrogen-bond acceptors (Lipinski definition) is 5. The summed E-state index contributed by atoms with van der Waals surface area (Å²) in [7, 11) is 3.91. The molecule has 1 heterocycles. The van der Waals surface area contributed by atoms with Gasteiger partial charge in [0.1, 0.15) is 12.4 Å². The number of hydrogen-bond donors (Lipinski definition) is 1. The highest BCUT2D eigenvalue weighted by atomic mass is 35.5. The molecule has 7 nitrogen and oxygen atoms in total. The van der Waals surface area contributed by atoms with Crippen molar-refractivity contribution >= 4 is 40.5 Å². The molecule has 8 heteroatoms. The average Bonchev–Trinajstić information content (AvgIpc) is 2.87. The third-order valence-corrected chi connectivity index (χ3v) is 7.07. The fraction of sp³-hybridized carbons (Fsp3) is 0.355. The second-order valence-corrected chi connectivity index (χ2v) is 11.3. The first kappa shape index (κ1) is 28.5. The van der Waals surface area contributed by atoms with Crippen molar-refractivity contribution in [2.45, 2.75) is 51.8 Å². The van der Waals surface area contributed by atoms with Crippen LogP contribution in [0.1, 0.15) is 56.1 Å². The van der Waals surface area contributed by atoms with E-state index in [0.29, 0.717) is 28.4 Å². The molecule has 0 fully saturated rings. The van der Waals surface area contributed by atoms with Crippen LogP contribution in [0.5, 0.6) is 5.75 Å². The molecule has 2 amide bonds. The fourth-order valence-corrected chi connectivity index (χ4v) is 5.06. The van der Waals surface area contributed by atoms with E-state index in [0.717, 1.165) is 16.9 Å². The minimum absolute atomic E-state index is 0.0923. The van der Waals surface area contributed by atoms with E-state index in [4.69, 9.17) is 16.3 Å². The van der Waals surface area contributed by atoms with Crippen molar-refractivity contribution in [1.82, 2.24) is 0 Å². The second kappa shape index (κ2) is 11.3. The van der Waals surface area contributed by atoms with Gasteiger partial charge in [0.25, 0.3) is 5.91 Å². The molecule has 2 atom stereocenters. The van der Waals surface area contributed by atoms with Crippen molar-refractivity contribution in [3.8, 4) is 5.75 Å². The summed E-state index contributed by atoms with van der Waals surface area (Å²) in [6, 6.07) is 19.7. The first-order valence-corrected chi connectivity index (χ1v) is 13.4. The van der Waals surface area contributed by atoms with Crippen LogP contribution in [0.25, 0.3) is 0 Å². The van der Waals surface area contributed by atoms with E-state index in [2.05, 4.69) is 0 Å². The van der Waals surface area contributed by atoms with E-state index < -0.39 is 5.60 Å². The Morgan fingerprint density at radius 2 is 1.64 bits per heavy atom. The lowest BCUT2D eigenvalue weighted by atomic mass is 9.89. The number of rotatable bonds is 7. The van der Waals surface area contributed by atoms with Crippen LogP contribution in [-0.2, 0) is 4.79 Å². The van der Waals surface area contributed by atoms with Crippen LogP contribution in [-0.4, -0.2) is 49.3 Å². The van der Waals surface area contributed by atoms with Gasteiger partial charge in [-0.05, 0) is 87.4 Å². The van der Waals surface area contributed by atoms with Gasteiger partial charge in [-0.15, -0.1) is 0 Å². The molecule has 0 bridgehead atoms. The van der Waals surface area contributed by atoms with E-state index in [1.165, 1.54) is 0 Å². The summed E-state index contributed by atoms with van der Waals surface area (Å²) in [5.74, 6) is 0.292. The molecule has 206 valence electrons. The van der Waals surface area contributed by atoms with Gasteiger partial charge < -0.3 is 24.5 Å². The normalized spacial score (nSPS) is 16.9. The summed E-state index contributed by atoms with van der Waals surface area (Å²) < 4.78 is 5.90. The maximum Gasteiger partial charge on any atom is 0.258 e. The van der Waals surface area contributed by atoms with Crippen LogP contribution >= 0.6 is 11.6 Å². The second-order valence-electron chi connectivity index (χ2n) is 10.9. The fourth-order valence-electron chi connectivity index (χ4n) is 4.93. The Balaban J connectivity index is 1.80. The van der Waals surface area contributed by atoms with Crippen LogP contribution in [0.2, 0.25) is 5.02 Å². The van der Waals surface area contributed by atoms with Gasteiger partial charge in [-0.25, -0.2) is 0 Å². The van der Waals surface area contributed by atoms with E-state index in [-0.39, 0.29) is 30.5 Å². The predicted molar refractivity (Wildman–Crippen MR) is 157 cm³/mol. The summed E-state index contributed by atoms with van der Waals surface area (Å²) in [6.45, 7) is 6.98. The van der Waals surface area contributed by atoms with E-state index >= 15 is 0 Å². The highest BCUT2D eigenvalue weighted by Gasteiger charge is 2.38. The number of nitrogens with zero attached hydrogens (tertiary/aromatic N) is 3. The van der Waals surface area contributed by atoms with Gasteiger partial charge in [0.2, 0.25) is 5.91 Å². The molecule has 1 N–H and O–H groups in total. The monoisotopic (exact) mass is 549 g/mol. The molecule has 0 aliphatic carbocycles. The largest absolute Gasteiger partial charge is 0.491 e. The molecule has 4 rings (SSSR count). The lowest BCUT2D eigenvalue weighted by Crippen LogP contribution is -2.47. The van der Waals surface area contributed by atoms with Crippen molar-refractivity contribution in [1.29, 1.82) is 0 Å². The maximum absolute atomic E-state index is 13.9. The number of fused-ring (bicyclic) bond motifs is 1. The Bertz CT molecular complexity index is 1330. The minimum Gasteiger partial charge on any atom is -0.491 e.